The highest BCUT2D eigenvalue weighted by Gasteiger charge is 2.31. The number of nitrogens with one attached hydrogen (secondary N) is 1. The molecule has 5 rings (SSSR count). The molecule has 9 nitrogen and oxygen atoms in total. The maximum absolute atomic E-state index is 11.4. The number of piperazine rings is 2. The smallest absolute Gasteiger partial charge is 0.231 e. The van der Waals surface area contributed by atoms with Crippen LogP contribution >= 0.6 is 11.6 Å². The molecule has 2 saturated heterocycles. The van der Waals surface area contributed by atoms with Gasteiger partial charge in [0.25, 0.3) is 0 Å². The van der Waals surface area contributed by atoms with Crippen molar-refractivity contribution in [3.63, 3.8) is 0 Å². The van der Waals surface area contributed by atoms with E-state index in [0.29, 0.717) is 12.5 Å². The third-order valence-corrected chi connectivity index (χ3v) is 7.77. The van der Waals surface area contributed by atoms with E-state index in [4.69, 9.17) is 11.6 Å². The van der Waals surface area contributed by atoms with Gasteiger partial charge in [0.2, 0.25) is 10.0 Å². The molecule has 1 N–H and O–H groups in total. The first kappa shape index (κ1) is 23.9. The number of anilines is 2. The van der Waals surface area contributed by atoms with E-state index in [1.54, 1.807) is 16.9 Å². The third kappa shape index (κ3) is 6.23. The summed E-state index contributed by atoms with van der Waals surface area (Å²) in [4.78, 5) is 9.88. The number of halogens is 1. The average Bonchev–Trinajstić information content (AvgIpc) is 3.57. The summed E-state index contributed by atoms with van der Waals surface area (Å²) in [6, 6.07) is 9.00. The first-order valence-corrected chi connectivity index (χ1v) is 14.3. The molecule has 1 aromatic heterocycles. The lowest BCUT2D eigenvalue weighted by Gasteiger charge is -2.37. The monoisotopic (exact) mass is 507 g/mol. The normalized spacial score (nSPS) is 21.2. The van der Waals surface area contributed by atoms with E-state index in [-0.39, 0.29) is 0 Å². The summed E-state index contributed by atoms with van der Waals surface area (Å²) in [7, 11) is -3.31. The second-order valence-electron chi connectivity index (χ2n) is 9.69. The minimum absolute atomic E-state index is 0.355. The Kier molecular flexibility index (Phi) is 7.04. The molecule has 3 fully saturated rings. The Morgan fingerprint density at radius 2 is 1.71 bits per heavy atom. The molecule has 3 aliphatic rings. The lowest BCUT2D eigenvalue weighted by molar-refractivity contribution is 0.0989. The van der Waals surface area contributed by atoms with Crippen molar-refractivity contribution < 1.29 is 8.42 Å². The Hall–Kier alpha value is -1.85. The molecule has 186 valence electrons. The summed E-state index contributed by atoms with van der Waals surface area (Å²) in [6.45, 7) is 9.78. The van der Waals surface area contributed by atoms with Gasteiger partial charge >= 0.3 is 0 Å². The summed E-state index contributed by atoms with van der Waals surface area (Å²) in [5, 5.41) is 5.15. The lowest BCUT2D eigenvalue weighted by atomic mass is 10.1. The Balaban J connectivity index is 1.11. The summed E-state index contributed by atoms with van der Waals surface area (Å²) in [5.41, 5.74) is 2.48. The van der Waals surface area contributed by atoms with Crippen LogP contribution in [-0.4, -0.2) is 97.6 Å². The van der Waals surface area contributed by atoms with Crippen molar-refractivity contribution in [2.75, 3.05) is 68.2 Å². The highest BCUT2D eigenvalue weighted by Crippen LogP contribution is 2.31. The number of rotatable bonds is 8. The van der Waals surface area contributed by atoms with Crippen LogP contribution in [0.5, 0.6) is 0 Å². The summed E-state index contributed by atoms with van der Waals surface area (Å²) in [5.74, 6) is 0.355. The lowest BCUT2D eigenvalue weighted by Crippen LogP contribution is -2.47. The van der Waals surface area contributed by atoms with Crippen LogP contribution in [-0.2, 0) is 23.2 Å². The molecule has 0 bridgehead atoms. The SMILES string of the molecule is CS(=O)(=O)Nc1ccn(CN2CCN(Cc3ccc(Cl)c(N4CCN(C5CC5)CC4)c3)CC2)n1. The Morgan fingerprint density at radius 3 is 2.38 bits per heavy atom. The molecule has 1 saturated carbocycles. The predicted molar refractivity (Wildman–Crippen MR) is 136 cm³/mol. The predicted octanol–water partition coefficient (Wildman–Crippen LogP) is 1.97. The molecule has 0 radical (unpaired) electrons. The molecule has 0 spiro atoms. The van der Waals surface area contributed by atoms with Gasteiger partial charge in [-0.3, -0.25) is 24.1 Å². The second-order valence-corrected chi connectivity index (χ2v) is 11.8. The minimum Gasteiger partial charge on any atom is -0.368 e. The molecule has 0 amide bonds. The first-order valence-electron chi connectivity index (χ1n) is 12.1. The molecule has 3 heterocycles. The van der Waals surface area contributed by atoms with Gasteiger partial charge in [-0.25, -0.2) is 8.42 Å². The summed E-state index contributed by atoms with van der Waals surface area (Å²) >= 11 is 6.60. The van der Waals surface area contributed by atoms with Gasteiger partial charge in [0.05, 0.1) is 23.6 Å². The summed E-state index contributed by atoms with van der Waals surface area (Å²) in [6.07, 6.45) is 5.67. The van der Waals surface area contributed by atoms with Gasteiger partial charge in [0.1, 0.15) is 0 Å². The van der Waals surface area contributed by atoms with Crippen molar-refractivity contribution in [2.45, 2.75) is 32.1 Å². The highest BCUT2D eigenvalue weighted by atomic mass is 35.5. The van der Waals surface area contributed by atoms with Gasteiger partial charge in [0.15, 0.2) is 5.82 Å². The number of nitrogens with zero attached hydrogens (tertiary/aromatic N) is 6. The van der Waals surface area contributed by atoms with Crippen molar-refractivity contribution in [3.8, 4) is 0 Å². The fourth-order valence-electron chi connectivity index (χ4n) is 4.90. The minimum atomic E-state index is -3.31. The zero-order valence-electron chi connectivity index (χ0n) is 19.7. The average molecular weight is 508 g/mol. The largest absolute Gasteiger partial charge is 0.368 e. The second kappa shape index (κ2) is 10.0. The molecule has 34 heavy (non-hydrogen) atoms. The van der Waals surface area contributed by atoms with Gasteiger partial charge in [-0.15, -0.1) is 0 Å². The van der Waals surface area contributed by atoms with E-state index in [9.17, 15) is 8.42 Å². The highest BCUT2D eigenvalue weighted by molar-refractivity contribution is 7.92. The molecule has 0 atom stereocenters. The van der Waals surface area contributed by atoms with Gasteiger partial charge in [-0.2, -0.15) is 5.10 Å². The number of hydrogen-bond acceptors (Lipinski definition) is 7. The van der Waals surface area contributed by atoms with E-state index in [1.165, 1.54) is 24.1 Å². The zero-order chi connectivity index (χ0) is 23.7. The maximum atomic E-state index is 11.4. The summed E-state index contributed by atoms with van der Waals surface area (Å²) < 4.78 is 26.9. The third-order valence-electron chi connectivity index (χ3n) is 6.88. The van der Waals surface area contributed by atoms with Gasteiger partial charge in [-0.1, -0.05) is 17.7 Å². The molecule has 2 aromatic rings. The number of benzene rings is 1. The van der Waals surface area contributed by atoms with Crippen LogP contribution in [0.15, 0.2) is 30.5 Å². The Bertz CT molecular complexity index is 1090. The van der Waals surface area contributed by atoms with Crippen LogP contribution < -0.4 is 9.62 Å². The zero-order valence-corrected chi connectivity index (χ0v) is 21.3. The molecule has 1 aromatic carbocycles. The van der Waals surface area contributed by atoms with E-state index < -0.39 is 10.0 Å². The molecule has 11 heteroatoms. The molecular weight excluding hydrogens is 474 g/mol. The maximum Gasteiger partial charge on any atom is 0.231 e. The molecule has 1 aliphatic carbocycles. The fourth-order valence-corrected chi connectivity index (χ4v) is 5.63. The Labute approximate surface area is 207 Å². The van der Waals surface area contributed by atoms with E-state index in [1.807, 2.05) is 0 Å². The van der Waals surface area contributed by atoms with Crippen molar-refractivity contribution in [2.24, 2.45) is 0 Å². The van der Waals surface area contributed by atoms with Crippen molar-refractivity contribution >= 4 is 33.1 Å². The van der Waals surface area contributed by atoms with Gasteiger partial charge in [0, 0.05) is 77.2 Å². The Morgan fingerprint density at radius 1 is 1.00 bits per heavy atom. The first-order chi connectivity index (χ1) is 16.3. The fraction of sp³-hybridized carbons (Fsp3) is 0.609. The topological polar surface area (TPSA) is 77.0 Å². The van der Waals surface area contributed by atoms with Gasteiger partial charge in [-0.05, 0) is 30.5 Å². The van der Waals surface area contributed by atoms with E-state index in [0.717, 1.165) is 76.2 Å². The van der Waals surface area contributed by atoms with Crippen LogP contribution in [0.4, 0.5) is 11.5 Å². The van der Waals surface area contributed by atoms with Crippen LogP contribution in [0.3, 0.4) is 0 Å². The van der Waals surface area contributed by atoms with Crippen LogP contribution in [0.2, 0.25) is 5.02 Å². The number of aromatic nitrogens is 2. The quantitative estimate of drug-likeness (QED) is 0.585. The standard InChI is InChI=1S/C23H34ClN7O2S/c1-34(32,33)26-23-6-7-31(25-23)18-28-10-8-27(9-11-28)17-19-2-5-21(24)22(16-19)30-14-12-29(13-15-30)20-3-4-20/h2,5-7,16,20H,3-4,8-15,17-18H2,1H3,(H,25,26). The van der Waals surface area contributed by atoms with Crippen molar-refractivity contribution in [1.82, 2.24) is 24.5 Å². The van der Waals surface area contributed by atoms with Crippen LogP contribution in [0, 0.1) is 0 Å². The number of sulfonamides is 1. The molecule has 2 aliphatic heterocycles. The van der Waals surface area contributed by atoms with Crippen molar-refractivity contribution in [1.29, 1.82) is 0 Å². The molecular formula is C23H34ClN7O2S. The van der Waals surface area contributed by atoms with Gasteiger partial charge < -0.3 is 4.90 Å². The van der Waals surface area contributed by atoms with E-state index in [2.05, 4.69) is 47.6 Å². The van der Waals surface area contributed by atoms with Crippen LogP contribution in [0.25, 0.3) is 0 Å². The van der Waals surface area contributed by atoms with E-state index >= 15 is 0 Å². The van der Waals surface area contributed by atoms with Crippen molar-refractivity contribution in [3.05, 3.63) is 41.0 Å². The number of hydrogen-bond donors (Lipinski definition) is 1. The van der Waals surface area contributed by atoms with Crippen LogP contribution in [0.1, 0.15) is 18.4 Å². The molecule has 0 unspecified atom stereocenters.